The van der Waals surface area contributed by atoms with Crippen LogP contribution in [-0.2, 0) is 24.1 Å². The van der Waals surface area contributed by atoms with E-state index in [1.165, 1.54) is 7.11 Å². The van der Waals surface area contributed by atoms with Crippen molar-refractivity contribution in [1.82, 2.24) is 0 Å². The van der Waals surface area contributed by atoms with Gasteiger partial charge in [0.2, 0.25) is 5.79 Å². The van der Waals surface area contributed by atoms with E-state index in [9.17, 15) is 13.2 Å². The highest BCUT2D eigenvalue weighted by atomic mass is 32.3. The standard InChI is InChI=1S/C7H8O6S/c1-12-7(13-14(9,10)11)4-2-6(8)3-5-7/h2-5H,1H3,(H,9,10,11). The van der Waals surface area contributed by atoms with E-state index in [1.807, 2.05) is 0 Å². The Morgan fingerprint density at radius 1 is 1.36 bits per heavy atom. The molecule has 0 amide bonds. The smallest absolute Gasteiger partial charge is 0.346 e. The first-order valence-electron chi connectivity index (χ1n) is 3.52. The summed E-state index contributed by atoms with van der Waals surface area (Å²) in [6.07, 6.45) is 4.33. The van der Waals surface area contributed by atoms with E-state index in [0.717, 1.165) is 24.3 Å². The van der Waals surface area contributed by atoms with E-state index in [0.29, 0.717) is 0 Å². The molecule has 1 aliphatic rings. The zero-order valence-corrected chi connectivity index (χ0v) is 8.02. The zero-order chi connectivity index (χ0) is 10.8. The highest BCUT2D eigenvalue weighted by molar-refractivity contribution is 7.80. The van der Waals surface area contributed by atoms with Crippen molar-refractivity contribution in [3.8, 4) is 0 Å². The van der Waals surface area contributed by atoms with Crippen LogP contribution in [0.3, 0.4) is 0 Å². The van der Waals surface area contributed by atoms with Gasteiger partial charge in [-0.1, -0.05) is 0 Å². The molecule has 0 aromatic rings. The predicted octanol–water partition coefficient (Wildman–Crippen LogP) is -0.156. The van der Waals surface area contributed by atoms with Gasteiger partial charge < -0.3 is 4.74 Å². The van der Waals surface area contributed by atoms with Gasteiger partial charge in [-0.2, -0.15) is 8.42 Å². The first kappa shape index (κ1) is 11.1. The fraction of sp³-hybridized carbons (Fsp3) is 0.286. The molecule has 14 heavy (non-hydrogen) atoms. The van der Waals surface area contributed by atoms with Crippen LogP contribution in [0.5, 0.6) is 0 Å². The quantitative estimate of drug-likeness (QED) is 0.525. The van der Waals surface area contributed by atoms with E-state index in [2.05, 4.69) is 4.18 Å². The van der Waals surface area contributed by atoms with Gasteiger partial charge in [0.05, 0.1) is 0 Å². The van der Waals surface area contributed by atoms with Crippen molar-refractivity contribution in [2.45, 2.75) is 5.79 Å². The first-order chi connectivity index (χ1) is 6.37. The Morgan fingerprint density at radius 2 is 1.86 bits per heavy atom. The van der Waals surface area contributed by atoms with Crippen LogP contribution in [0.15, 0.2) is 24.3 Å². The molecule has 0 heterocycles. The van der Waals surface area contributed by atoms with Crippen LogP contribution >= 0.6 is 0 Å². The van der Waals surface area contributed by atoms with Gasteiger partial charge in [-0.15, -0.1) is 0 Å². The number of ketones is 1. The number of allylic oxidation sites excluding steroid dienone is 2. The lowest BCUT2D eigenvalue weighted by molar-refractivity contribution is -0.113. The Kier molecular flexibility index (Phi) is 2.86. The van der Waals surface area contributed by atoms with Crippen LogP contribution in [0.1, 0.15) is 0 Å². The summed E-state index contributed by atoms with van der Waals surface area (Å²) >= 11 is 0. The van der Waals surface area contributed by atoms with E-state index in [-0.39, 0.29) is 5.78 Å². The molecule has 78 valence electrons. The molecule has 6 nitrogen and oxygen atoms in total. The molecule has 1 aliphatic carbocycles. The Balaban J connectivity index is 2.95. The van der Waals surface area contributed by atoms with E-state index in [1.54, 1.807) is 0 Å². The summed E-state index contributed by atoms with van der Waals surface area (Å²) in [6.45, 7) is 0. The summed E-state index contributed by atoms with van der Waals surface area (Å²) < 4.78 is 38.3. The third-order valence-corrected chi connectivity index (χ3v) is 1.99. The predicted molar refractivity (Wildman–Crippen MR) is 45.7 cm³/mol. The molecule has 7 heteroatoms. The molecule has 0 aromatic heterocycles. The average Bonchev–Trinajstić information content (AvgIpc) is 2.07. The number of methoxy groups -OCH3 is 1. The van der Waals surface area contributed by atoms with Crippen LogP contribution < -0.4 is 0 Å². The summed E-state index contributed by atoms with van der Waals surface area (Å²) in [4.78, 5) is 10.7. The Morgan fingerprint density at radius 3 is 2.21 bits per heavy atom. The third-order valence-electron chi connectivity index (χ3n) is 1.51. The molecule has 0 saturated carbocycles. The second-order valence-electron chi connectivity index (χ2n) is 2.51. The van der Waals surface area contributed by atoms with Crippen molar-refractivity contribution in [3.63, 3.8) is 0 Å². The van der Waals surface area contributed by atoms with E-state index in [4.69, 9.17) is 9.29 Å². The summed E-state index contributed by atoms with van der Waals surface area (Å²) in [6, 6.07) is 0. The second-order valence-corrected chi connectivity index (χ2v) is 3.53. The molecule has 0 saturated heterocycles. The maximum Gasteiger partial charge on any atom is 0.400 e. The average molecular weight is 220 g/mol. The second kappa shape index (κ2) is 3.62. The molecule has 1 N–H and O–H groups in total. The monoisotopic (exact) mass is 220 g/mol. The van der Waals surface area contributed by atoms with Crippen LogP contribution in [-0.4, -0.2) is 31.7 Å². The summed E-state index contributed by atoms with van der Waals surface area (Å²) in [5.41, 5.74) is 0. The number of carbonyl (C=O) groups excluding carboxylic acids is 1. The van der Waals surface area contributed by atoms with E-state index < -0.39 is 16.2 Å². The highest BCUT2D eigenvalue weighted by Crippen LogP contribution is 2.21. The summed E-state index contributed by atoms with van der Waals surface area (Å²) in [7, 11) is -3.47. The molecule has 0 aliphatic heterocycles. The molecular weight excluding hydrogens is 212 g/mol. The van der Waals surface area contributed by atoms with Crippen molar-refractivity contribution in [1.29, 1.82) is 0 Å². The molecule has 0 fully saturated rings. The molecular formula is C7H8O6S. The van der Waals surface area contributed by atoms with Gasteiger partial charge in [-0.05, 0) is 24.3 Å². The van der Waals surface area contributed by atoms with Crippen LogP contribution in [0, 0.1) is 0 Å². The Labute approximate surface area is 80.8 Å². The minimum atomic E-state index is -4.65. The first-order valence-corrected chi connectivity index (χ1v) is 4.89. The lowest BCUT2D eigenvalue weighted by Crippen LogP contribution is -2.34. The van der Waals surface area contributed by atoms with Crippen molar-refractivity contribution >= 4 is 16.2 Å². The van der Waals surface area contributed by atoms with Gasteiger partial charge in [-0.25, -0.2) is 4.18 Å². The fourth-order valence-corrected chi connectivity index (χ4v) is 1.41. The molecule has 1 rings (SSSR count). The normalized spacial score (nSPS) is 20.0. The SMILES string of the molecule is COC1(OS(=O)(=O)O)C=CC(=O)C=C1. The number of hydrogen-bond acceptors (Lipinski definition) is 5. The van der Waals surface area contributed by atoms with Crippen LogP contribution in [0.4, 0.5) is 0 Å². The van der Waals surface area contributed by atoms with Gasteiger partial charge in [0.15, 0.2) is 5.78 Å². The maximum absolute atomic E-state index is 10.7. The van der Waals surface area contributed by atoms with Gasteiger partial charge in [0.1, 0.15) is 0 Å². The highest BCUT2D eigenvalue weighted by Gasteiger charge is 2.32. The Bertz CT molecular complexity index is 374. The molecule has 0 unspecified atom stereocenters. The van der Waals surface area contributed by atoms with Gasteiger partial charge >= 0.3 is 10.4 Å². The van der Waals surface area contributed by atoms with Crippen molar-refractivity contribution in [3.05, 3.63) is 24.3 Å². The molecule has 0 spiro atoms. The topological polar surface area (TPSA) is 89.9 Å². The third kappa shape index (κ3) is 2.74. The maximum atomic E-state index is 10.7. The zero-order valence-electron chi connectivity index (χ0n) is 7.21. The van der Waals surface area contributed by atoms with Crippen LogP contribution in [0.25, 0.3) is 0 Å². The van der Waals surface area contributed by atoms with Gasteiger partial charge in [0, 0.05) is 7.11 Å². The largest absolute Gasteiger partial charge is 0.400 e. The number of rotatable bonds is 3. The lowest BCUT2D eigenvalue weighted by atomic mass is 10.1. The summed E-state index contributed by atoms with van der Waals surface area (Å²) in [5.74, 6) is -2.06. The number of hydrogen-bond donors (Lipinski definition) is 1. The summed E-state index contributed by atoms with van der Waals surface area (Å²) in [5, 5.41) is 0. The molecule has 0 bridgehead atoms. The molecule has 0 atom stereocenters. The Hall–Kier alpha value is -1.02. The van der Waals surface area contributed by atoms with Gasteiger partial charge in [0.25, 0.3) is 0 Å². The number of carbonyl (C=O) groups is 1. The van der Waals surface area contributed by atoms with Crippen LogP contribution in [0.2, 0.25) is 0 Å². The van der Waals surface area contributed by atoms with E-state index >= 15 is 0 Å². The van der Waals surface area contributed by atoms with Crippen molar-refractivity contribution in [2.24, 2.45) is 0 Å². The fourth-order valence-electron chi connectivity index (χ4n) is 0.898. The molecule has 0 aromatic carbocycles. The van der Waals surface area contributed by atoms with Crippen molar-refractivity contribution in [2.75, 3.05) is 7.11 Å². The van der Waals surface area contributed by atoms with Gasteiger partial charge in [-0.3, -0.25) is 9.35 Å². The minimum absolute atomic E-state index is 0.323. The lowest BCUT2D eigenvalue weighted by Gasteiger charge is -2.24. The minimum Gasteiger partial charge on any atom is -0.346 e. The number of ether oxygens (including phenoxy) is 1. The molecule has 0 radical (unpaired) electrons. The van der Waals surface area contributed by atoms with Crippen molar-refractivity contribution < 1.29 is 26.7 Å².